The Morgan fingerprint density at radius 2 is 2.12 bits per heavy atom. The van der Waals surface area contributed by atoms with Crippen molar-refractivity contribution in [1.82, 2.24) is 4.98 Å². The van der Waals surface area contributed by atoms with E-state index in [1.54, 1.807) is 26.0 Å². The molecule has 0 spiro atoms. The molecule has 0 radical (unpaired) electrons. The van der Waals surface area contributed by atoms with Gasteiger partial charge in [0.1, 0.15) is 10.6 Å². The summed E-state index contributed by atoms with van der Waals surface area (Å²) in [6.07, 6.45) is 0. The third-order valence-electron chi connectivity index (χ3n) is 2.10. The number of rotatable bonds is 2. The van der Waals surface area contributed by atoms with Crippen LogP contribution in [0.4, 0.5) is 0 Å². The number of nitrogens with zero attached hydrogens (tertiary/aromatic N) is 1. The van der Waals surface area contributed by atoms with Crippen molar-refractivity contribution < 1.29 is 40.5 Å². The van der Waals surface area contributed by atoms with E-state index in [9.17, 15) is 4.79 Å². The number of carbonyl (C=O) groups excluding carboxylic acids is 1. The Hall–Kier alpha value is 0.390. The van der Waals surface area contributed by atoms with Crippen LogP contribution in [0.15, 0.2) is 16.6 Å². The fourth-order valence-corrected chi connectivity index (χ4v) is 2.07. The summed E-state index contributed by atoms with van der Waals surface area (Å²) in [5.41, 5.74) is -0.250. The van der Waals surface area contributed by atoms with Gasteiger partial charge in [0.2, 0.25) is 0 Å². The molecule has 0 amide bonds. The first-order chi connectivity index (χ1) is 6.89. The molecule has 0 unspecified atom stereocenters. The van der Waals surface area contributed by atoms with Crippen LogP contribution >= 0.6 is 27.5 Å². The van der Waals surface area contributed by atoms with Crippen LogP contribution in [-0.4, -0.2) is 18.1 Å². The Morgan fingerprint density at radius 3 is 2.62 bits per heavy atom. The number of carbonyl (C=O) groups is 1. The molecule has 0 fully saturated rings. The van der Waals surface area contributed by atoms with Crippen LogP contribution in [0.2, 0.25) is 5.15 Å². The first-order valence-electron chi connectivity index (χ1n) is 4.30. The van der Waals surface area contributed by atoms with Crippen LogP contribution in [0.25, 0.3) is 0 Å². The molecule has 0 aromatic carbocycles. The van der Waals surface area contributed by atoms with Gasteiger partial charge in [-0.3, -0.25) is 4.79 Å². The molecule has 0 bridgehead atoms. The summed E-state index contributed by atoms with van der Waals surface area (Å²) in [4.78, 5) is 15.7. The molecule has 16 heavy (non-hydrogen) atoms. The Kier molecular flexibility index (Phi) is 6.51. The van der Waals surface area contributed by atoms with Crippen LogP contribution in [-0.2, 0) is 14.9 Å². The molecule has 1 rings (SSSR count). The first-order valence-corrected chi connectivity index (χ1v) is 5.47. The maximum Gasteiger partial charge on any atom is 1.00 e. The Morgan fingerprint density at radius 1 is 1.56 bits per heavy atom. The van der Waals surface area contributed by atoms with Gasteiger partial charge in [-0.2, -0.15) is 0 Å². The maximum absolute atomic E-state index is 11.6. The summed E-state index contributed by atoms with van der Waals surface area (Å²) >= 11 is 9.12. The van der Waals surface area contributed by atoms with E-state index in [1.807, 2.05) is 0 Å². The Labute approximate surface area is 132 Å². The second-order valence-electron chi connectivity index (χ2n) is 3.58. The van der Waals surface area contributed by atoms with Crippen molar-refractivity contribution in [3.05, 3.63) is 27.5 Å². The summed E-state index contributed by atoms with van der Waals surface area (Å²) < 4.78 is 5.46. The van der Waals surface area contributed by atoms with E-state index in [0.717, 1.165) is 4.47 Å². The maximum atomic E-state index is 11.6. The van der Waals surface area contributed by atoms with Gasteiger partial charge in [-0.1, -0.05) is 11.6 Å². The minimum absolute atomic E-state index is 0. The van der Waals surface area contributed by atoms with E-state index in [2.05, 4.69) is 20.9 Å². The summed E-state index contributed by atoms with van der Waals surface area (Å²) in [5.74, 6) is -0.349. The molecule has 1 aromatic heterocycles. The van der Waals surface area contributed by atoms with E-state index < -0.39 is 5.41 Å². The fourth-order valence-electron chi connectivity index (χ4n) is 1.21. The van der Waals surface area contributed by atoms with E-state index in [1.165, 1.54) is 7.11 Å². The normalized spacial score (nSPS) is 10.6. The zero-order valence-corrected chi connectivity index (χ0v) is 14.0. The molecular formula is C10H12BrClNNaO2. The average molecular weight is 317 g/mol. The van der Waals surface area contributed by atoms with Crippen molar-refractivity contribution in [2.45, 2.75) is 19.3 Å². The third-order valence-corrected chi connectivity index (χ3v) is 2.95. The van der Waals surface area contributed by atoms with E-state index in [-0.39, 0.29) is 37.0 Å². The standard InChI is InChI=1S/C10H11BrClNO2.Na.H/c1-10(2,9(14)15-3)8-6(11)4-5-7(12)13-8;;/h4-5H,1-3H3;;/q;+1;-1. The monoisotopic (exact) mass is 315 g/mol. The van der Waals surface area contributed by atoms with Crippen LogP contribution in [0, 0.1) is 0 Å². The molecular weight excluding hydrogens is 304 g/mol. The SMILES string of the molecule is COC(=O)C(C)(C)c1nc(Cl)ccc1Br.[H-].[Na+]. The van der Waals surface area contributed by atoms with Crippen molar-refractivity contribution in [3.8, 4) is 0 Å². The number of esters is 1. The summed E-state index contributed by atoms with van der Waals surface area (Å²) in [7, 11) is 1.35. The van der Waals surface area contributed by atoms with E-state index >= 15 is 0 Å². The summed E-state index contributed by atoms with van der Waals surface area (Å²) in [5, 5.41) is 0.352. The molecule has 0 aliphatic carbocycles. The van der Waals surface area contributed by atoms with Gasteiger partial charge in [0.15, 0.2) is 0 Å². The van der Waals surface area contributed by atoms with Crippen LogP contribution in [0.1, 0.15) is 21.0 Å². The number of aromatic nitrogens is 1. The number of hydrogen-bond acceptors (Lipinski definition) is 3. The Balaban J connectivity index is 0. The molecule has 0 saturated heterocycles. The van der Waals surface area contributed by atoms with Gasteiger partial charge < -0.3 is 6.16 Å². The average Bonchev–Trinajstić information content (AvgIpc) is 2.20. The van der Waals surface area contributed by atoms with Gasteiger partial charge in [0.25, 0.3) is 0 Å². The summed E-state index contributed by atoms with van der Waals surface area (Å²) in [6.45, 7) is 3.48. The van der Waals surface area contributed by atoms with E-state index in [0.29, 0.717) is 10.8 Å². The van der Waals surface area contributed by atoms with Gasteiger partial charge in [-0.15, -0.1) is 0 Å². The molecule has 3 nitrogen and oxygen atoms in total. The molecule has 1 aromatic rings. The van der Waals surface area contributed by atoms with Crippen molar-refractivity contribution in [2.24, 2.45) is 0 Å². The molecule has 0 atom stereocenters. The largest absolute Gasteiger partial charge is 1.00 e. The number of methoxy groups -OCH3 is 1. The molecule has 84 valence electrons. The number of hydrogen-bond donors (Lipinski definition) is 0. The fraction of sp³-hybridized carbons (Fsp3) is 0.400. The van der Waals surface area contributed by atoms with Crippen molar-refractivity contribution >= 4 is 33.5 Å². The van der Waals surface area contributed by atoms with Gasteiger partial charge in [0, 0.05) is 4.47 Å². The van der Waals surface area contributed by atoms with Crippen molar-refractivity contribution in [3.63, 3.8) is 0 Å². The van der Waals surface area contributed by atoms with Crippen LogP contribution in [0.3, 0.4) is 0 Å². The molecule has 0 saturated carbocycles. The predicted molar refractivity (Wildman–Crippen MR) is 63.1 cm³/mol. The van der Waals surface area contributed by atoms with Crippen LogP contribution in [0.5, 0.6) is 0 Å². The van der Waals surface area contributed by atoms with E-state index in [4.69, 9.17) is 16.3 Å². The smallest absolute Gasteiger partial charge is 1.00 e. The number of pyridine rings is 1. The zero-order chi connectivity index (χ0) is 11.6. The molecule has 6 heteroatoms. The number of halogens is 2. The van der Waals surface area contributed by atoms with Crippen molar-refractivity contribution in [1.29, 1.82) is 0 Å². The van der Waals surface area contributed by atoms with Crippen LogP contribution < -0.4 is 29.6 Å². The first kappa shape index (κ1) is 16.4. The van der Waals surface area contributed by atoms with Gasteiger partial charge in [-0.05, 0) is 41.9 Å². The van der Waals surface area contributed by atoms with Gasteiger partial charge >= 0.3 is 35.5 Å². The molecule has 1 heterocycles. The van der Waals surface area contributed by atoms with Gasteiger partial charge in [-0.25, -0.2) is 4.98 Å². The Bertz CT molecular complexity index is 404. The minimum Gasteiger partial charge on any atom is -1.00 e. The zero-order valence-electron chi connectivity index (χ0n) is 10.7. The third kappa shape index (κ3) is 3.44. The second kappa shape index (κ2) is 6.36. The quantitative estimate of drug-likeness (QED) is 0.440. The summed E-state index contributed by atoms with van der Waals surface area (Å²) in [6, 6.07) is 3.41. The topological polar surface area (TPSA) is 39.2 Å². The number of ether oxygens (including phenoxy) is 1. The second-order valence-corrected chi connectivity index (χ2v) is 4.82. The molecule has 0 aliphatic rings. The molecule has 0 aliphatic heterocycles. The minimum atomic E-state index is -0.821. The predicted octanol–water partition coefficient (Wildman–Crippen LogP) is 0.0646. The van der Waals surface area contributed by atoms with Gasteiger partial charge in [0.05, 0.1) is 12.8 Å². The molecule has 0 N–H and O–H groups in total. The van der Waals surface area contributed by atoms with Crippen molar-refractivity contribution in [2.75, 3.05) is 7.11 Å².